The van der Waals surface area contributed by atoms with Gasteiger partial charge < -0.3 is 4.57 Å². The van der Waals surface area contributed by atoms with Gasteiger partial charge in [0.05, 0.1) is 0 Å². The van der Waals surface area contributed by atoms with Crippen molar-refractivity contribution in [3.63, 3.8) is 0 Å². The third-order valence-electron chi connectivity index (χ3n) is 4.49. The van der Waals surface area contributed by atoms with E-state index < -0.39 is 0 Å². The monoisotopic (exact) mass is 229 g/mol. The Hall–Kier alpha value is -1.96. The first-order chi connectivity index (χ1) is 8.92. The molecule has 0 N–H and O–H groups in total. The summed E-state index contributed by atoms with van der Waals surface area (Å²) in [6, 6.07) is 13.4. The number of aromatic nitrogens is 1. The lowest BCUT2D eigenvalue weighted by molar-refractivity contribution is 0.704. The summed E-state index contributed by atoms with van der Waals surface area (Å²) >= 11 is 0. The molecule has 2 heteroatoms. The predicted molar refractivity (Wildman–Crippen MR) is 78.4 cm³/mol. The molecule has 0 radical (unpaired) electrons. The van der Waals surface area contributed by atoms with E-state index in [0.29, 0.717) is 5.94 Å². The third-order valence-corrected chi connectivity index (χ3v) is 4.49. The first-order valence-electron chi connectivity index (χ1n) is 6.65. The van der Waals surface area contributed by atoms with Gasteiger partial charge in [-0.05, 0) is 29.3 Å². The summed E-state index contributed by atoms with van der Waals surface area (Å²) in [5, 5.41) is 8.46. The Morgan fingerprint density at radius 3 is 2.50 bits per heavy atom. The maximum absolute atomic E-state index is 2.55. The van der Waals surface area contributed by atoms with Gasteiger partial charge in [0.1, 0.15) is 0 Å². The SMILES string of the molecule is B1C=c2c3cc4ccccc4cc3c3n2[C@H]1CC=3. The van der Waals surface area contributed by atoms with Gasteiger partial charge in [0, 0.05) is 27.4 Å². The minimum Gasteiger partial charge on any atom is -0.346 e. The van der Waals surface area contributed by atoms with Crippen LogP contribution in [0.15, 0.2) is 36.4 Å². The van der Waals surface area contributed by atoms with E-state index in [9.17, 15) is 0 Å². The van der Waals surface area contributed by atoms with Crippen molar-refractivity contribution in [1.29, 1.82) is 0 Å². The molecule has 2 aliphatic heterocycles. The van der Waals surface area contributed by atoms with Crippen LogP contribution in [0, 0.1) is 0 Å². The van der Waals surface area contributed by atoms with Crippen molar-refractivity contribution >= 4 is 40.9 Å². The van der Waals surface area contributed by atoms with Crippen molar-refractivity contribution in [1.82, 2.24) is 4.57 Å². The molecule has 0 aliphatic carbocycles. The van der Waals surface area contributed by atoms with Gasteiger partial charge in [-0.15, -0.1) is 0 Å². The molecule has 1 aromatic heterocycles. The zero-order valence-electron chi connectivity index (χ0n) is 10.1. The molecular formula is C16H12BN. The van der Waals surface area contributed by atoms with Gasteiger partial charge in [-0.1, -0.05) is 36.3 Å². The van der Waals surface area contributed by atoms with Gasteiger partial charge in [-0.2, -0.15) is 0 Å². The Labute approximate surface area is 105 Å². The Morgan fingerprint density at radius 2 is 1.72 bits per heavy atom. The minimum atomic E-state index is 0.700. The minimum absolute atomic E-state index is 0.700. The van der Waals surface area contributed by atoms with E-state index in [2.05, 4.69) is 53.0 Å². The summed E-state index contributed by atoms with van der Waals surface area (Å²) in [7, 11) is 1.21. The number of hydrogen-bond acceptors (Lipinski definition) is 0. The Bertz CT molecular complexity index is 859. The van der Waals surface area contributed by atoms with Gasteiger partial charge in [0.15, 0.2) is 7.28 Å². The van der Waals surface area contributed by atoms with E-state index in [1.807, 2.05) is 0 Å². The highest BCUT2D eigenvalue weighted by Gasteiger charge is 2.24. The lowest BCUT2D eigenvalue weighted by Crippen LogP contribution is -2.22. The van der Waals surface area contributed by atoms with Crippen LogP contribution in [0.25, 0.3) is 33.6 Å². The van der Waals surface area contributed by atoms with Crippen molar-refractivity contribution in [2.45, 2.75) is 12.4 Å². The molecule has 0 fully saturated rings. The quantitative estimate of drug-likeness (QED) is 0.517. The van der Waals surface area contributed by atoms with Gasteiger partial charge >= 0.3 is 0 Å². The molecule has 2 aliphatic rings. The zero-order chi connectivity index (χ0) is 11.7. The molecule has 0 unspecified atom stereocenters. The number of benzene rings is 2. The fraction of sp³-hybridized carbons (Fsp3) is 0.125. The number of fused-ring (bicyclic) bond motifs is 4. The average molecular weight is 229 g/mol. The summed E-state index contributed by atoms with van der Waals surface area (Å²) in [6.45, 7) is 0. The summed E-state index contributed by atoms with van der Waals surface area (Å²) in [5.74, 6) is 3.11. The number of rotatable bonds is 0. The van der Waals surface area contributed by atoms with E-state index in [1.54, 1.807) is 0 Å². The molecule has 1 nitrogen and oxygen atoms in total. The molecule has 0 spiro atoms. The molecular weight excluding hydrogens is 217 g/mol. The Kier molecular flexibility index (Phi) is 1.45. The summed E-state index contributed by atoms with van der Waals surface area (Å²) < 4.78 is 2.55. The van der Waals surface area contributed by atoms with Crippen molar-refractivity contribution in [3.05, 3.63) is 47.1 Å². The van der Waals surface area contributed by atoms with Crippen LogP contribution < -0.4 is 10.7 Å². The van der Waals surface area contributed by atoms with Crippen LogP contribution in [0.2, 0.25) is 0 Å². The largest absolute Gasteiger partial charge is 0.346 e. The summed E-state index contributed by atoms with van der Waals surface area (Å²) in [4.78, 5) is 0. The smallest absolute Gasteiger partial charge is 0.178 e. The van der Waals surface area contributed by atoms with Gasteiger partial charge in [0.2, 0.25) is 0 Å². The highest BCUT2D eigenvalue weighted by molar-refractivity contribution is 6.55. The Morgan fingerprint density at radius 1 is 1.00 bits per heavy atom. The fourth-order valence-corrected chi connectivity index (χ4v) is 3.67. The summed E-state index contributed by atoms with van der Waals surface area (Å²) in [5.41, 5.74) is 0. The van der Waals surface area contributed by atoms with Gasteiger partial charge in [-0.3, -0.25) is 0 Å². The van der Waals surface area contributed by atoms with Crippen molar-refractivity contribution in [2.24, 2.45) is 0 Å². The zero-order valence-corrected chi connectivity index (χ0v) is 10.1. The number of nitrogens with zero attached hydrogens (tertiary/aromatic N) is 1. The second-order valence-electron chi connectivity index (χ2n) is 5.42. The lowest BCUT2D eigenvalue weighted by Gasteiger charge is -2.03. The van der Waals surface area contributed by atoms with Gasteiger partial charge in [0.25, 0.3) is 0 Å². The maximum atomic E-state index is 2.55. The Balaban J connectivity index is 2.12. The molecule has 0 bridgehead atoms. The van der Waals surface area contributed by atoms with E-state index in [1.165, 1.54) is 45.9 Å². The van der Waals surface area contributed by atoms with Crippen molar-refractivity contribution < 1.29 is 0 Å². The molecule has 18 heavy (non-hydrogen) atoms. The molecule has 1 atom stereocenters. The predicted octanol–water partition coefficient (Wildman–Crippen LogP) is 1.67. The van der Waals surface area contributed by atoms with Crippen LogP contribution in [0.3, 0.4) is 0 Å². The van der Waals surface area contributed by atoms with Crippen LogP contribution in [0.4, 0.5) is 0 Å². The van der Waals surface area contributed by atoms with Gasteiger partial charge in [-0.25, -0.2) is 0 Å². The van der Waals surface area contributed by atoms with Crippen molar-refractivity contribution in [3.8, 4) is 0 Å². The van der Waals surface area contributed by atoms with E-state index in [4.69, 9.17) is 0 Å². The van der Waals surface area contributed by atoms with Crippen LogP contribution in [-0.4, -0.2) is 11.8 Å². The van der Waals surface area contributed by atoms with Crippen LogP contribution in [0.5, 0.6) is 0 Å². The molecule has 0 saturated carbocycles. The second-order valence-corrected chi connectivity index (χ2v) is 5.42. The highest BCUT2D eigenvalue weighted by atomic mass is 15.0. The molecule has 3 aromatic rings. The lowest BCUT2D eigenvalue weighted by atomic mass is 9.71. The van der Waals surface area contributed by atoms with Crippen LogP contribution >= 0.6 is 0 Å². The molecule has 2 aromatic carbocycles. The topological polar surface area (TPSA) is 4.93 Å². The van der Waals surface area contributed by atoms with Crippen LogP contribution in [0.1, 0.15) is 12.4 Å². The first-order valence-corrected chi connectivity index (χ1v) is 6.65. The normalized spacial score (nSPS) is 19.7. The third kappa shape index (κ3) is 0.917. The number of hydrogen-bond donors (Lipinski definition) is 0. The standard InChI is InChI=1S/C16H12BN/c1-2-4-11-8-13-12(7-10(11)3-1)14-5-6-16-17-9-15(13)18(14)16/h1-5,7-9,16-17H,6H2/t16-/m0/s1. The van der Waals surface area contributed by atoms with E-state index in [0.717, 1.165) is 0 Å². The first kappa shape index (κ1) is 9.04. The molecule has 0 saturated heterocycles. The maximum Gasteiger partial charge on any atom is 0.178 e. The highest BCUT2D eigenvalue weighted by Crippen LogP contribution is 2.24. The van der Waals surface area contributed by atoms with E-state index >= 15 is 0 Å². The second kappa shape index (κ2) is 2.89. The molecule has 3 heterocycles. The fourth-order valence-electron chi connectivity index (χ4n) is 3.67. The average Bonchev–Trinajstić information content (AvgIpc) is 3.05. The summed E-state index contributed by atoms with van der Waals surface area (Å²) in [6.07, 6.45) is 3.62. The van der Waals surface area contributed by atoms with E-state index in [-0.39, 0.29) is 0 Å². The molecule has 5 rings (SSSR count). The van der Waals surface area contributed by atoms with Crippen LogP contribution in [-0.2, 0) is 0 Å². The van der Waals surface area contributed by atoms with Crippen molar-refractivity contribution in [2.75, 3.05) is 0 Å². The molecule has 0 amide bonds. The molecule has 84 valence electrons.